The smallest absolute Gasteiger partial charge is 0.160 e. The van der Waals surface area contributed by atoms with Crippen molar-refractivity contribution in [3.05, 3.63) is 23.5 Å². The second-order valence-corrected chi connectivity index (χ2v) is 7.46. The number of nitrogens with two attached hydrogens (primary N) is 1. The zero-order valence-corrected chi connectivity index (χ0v) is 14.0. The van der Waals surface area contributed by atoms with E-state index in [9.17, 15) is 0 Å². The Bertz CT molecular complexity index is 686. The molecular formula is C18H27N5. The molecule has 5 nitrogen and oxygen atoms in total. The summed E-state index contributed by atoms with van der Waals surface area (Å²) in [5.41, 5.74) is 9.40. The maximum atomic E-state index is 6.06. The normalized spacial score (nSPS) is 25.5. The monoisotopic (exact) mass is 313 g/mol. The van der Waals surface area contributed by atoms with Crippen LogP contribution in [0.4, 0.5) is 5.82 Å². The van der Waals surface area contributed by atoms with Crippen molar-refractivity contribution >= 4 is 11.5 Å². The van der Waals surface area contributed by atoms with Gasteiger partial charge in [0.25, 0.3) is 0 Å². The van der Waals surface area contributed by atoms with E-state index in [1.54, 1.807) is 0 Å². The molecule has 0 radical (unpaired) electrons. The summed E-state index contributed by atoms with van der Waals surface area (Å²) in [6, 6.07) is 3.00. The first-order valence-corrected chi connectivity index (χ1v) is 9.05. The van der Waals surface area contributed by atoms with Crippen LogP contribution in [0.25, 0.3) is 5.65 Å². The summed E-state index contributed by atoms with van der Waals surface area (Å²) in [5.74, 6) is 1.89. The summed E-state index contributed by atoms with van der Waals surface area (Å²) in [6.45, 7) is 2.09. The van der Waals surface area contributed by atoms with Gasteiger partial charge in [0.2, 0.25) is 0 Å². The van der Waals surface area contributed by atoms with Crippen LogP contribution in [0.1, 0.15) is 56.2 Å². The lowest BCUT2D eigenvalue weighted by atomic mass is 10.0. The summed E-state index contributed by atoms with van der Waals surface area (Å²) in [5, 5.41) is 8.19. The van der Waals surface area contributed by atoms with Crippen molar-refractivity contribution in [2.24, 2.45) is 11.7 Å². The molecule has 2 aliphatic rings. The van der Waals surface area contributed by atoms with Gasteiger partial charge in [-0.1, -0.05) is 25.7 Å². The first kappa shape index (κ1) is 14.9. The summed E-state index contributed by atoms with van der Waals surface area (Å²) >= 11 is 0. The highest BCUT2D eigenvalue weighted by molar-refractivity contribution is 5.54. The number of anilines is 1. The van der Waals surface area contributed by atoms with Crippen molar-refractivity contribution in [1.29, 1.82) is 0 Å². The molecule has 5 heteroatoms. The topological polar surface area (TPSA) is 68.2 Å². The molecule has 3 N–H and O–H groups in total. The summed E-state index contributed by atoms with van der Waals surface area (Å²) in [7, 11) is 0. The molecule has 2 fully saturated rings. The highest BCUT2D eigenvalue weighted by Crippen LogP contribution is 2.29. The maximum Gasteiger partial charge on any atom is 0.160 e. The molecule has 124 valence electrons. The van der Waals surface area contributed by atoms with Gasteiger partial charge >= 0.3 is 0 Å². The molecule has 2 aromatic rings. The first-order chi connectivity index (χ1) is 11.2. The van der Waals surface area contributed by atoms with E-state index in [1.165, 1.54) is 31.4 Å². The standard InChI is InChI=1S/C18H27N5/c1-12-11-20-23-17(21-15-7-6-14(19)9-15)10-16(22-18(12)23)8-13-4-2-3-5-13/h10-11,13-15,21H,2-9,19H2,1H3/t14-,15-/m0/s1. The third-order valence-electron chi connectivity index (χ3n) is 5.50. The zero-order chi connectivity index (χ0) is 15.8. The average molecular weight is 313 g/mol. The number of aromatic nitrogens is 3. The second-order valence-electron chi connectivity index (χ2n) is 7.46. The van der Waals surface area contributed by atoms with Crippen molar-refractivity contribution in [1.82, 2.24) is 14.6 Å². The van der Waals surface area contributed by atoms with Crippen molar-refractivity contribution in [2.75, 3.05) is 5.32 Å². The van der Waals surface area contributed by atoms with E-state index in [0.717, 1.165) is 48.6 Å². The molecule has 0 bridgehead atoms. The number of fused-ring (bicyclic) bond motifs is 1. The minimum atomic E-state index is 0.335. The largest absolute Gasteiger partial charge is 0.367 e. The zero-order valence-electron chi connectivity index (χ0n) is 14.0. The fourth-order valence-electron chi connectivity index (χ4n) is 4.20. The number of nitrogens with one attached hydrogen (secondary N) is 1. The Morgan fingerprint density at radius 2 is 2.09 bits per heavy atom. The van der Waals surface area contributed by atoms with E-state index < -0.39 is 0 Å². The predicted octanol–water partition coefficient (Wildman–Crippen LogP) is 3.06. The Balaban J connectivity index is 1.63. The van der Waals surface area contributed by atoms with Crippen molar-refractivity contribution in [3.8, 4) is 0 Å². The van der Waals surface area contributed by atoms with Gasteiger partial charge in [-0.2, -0.15) is 9.61 Å². The number of hydrogen-bond acceptors (Lipinski definition) is 4. The van der Waals surface area contributed by atoms with Gasteiger partial charge in [0.05, 0.1) is 6.20 Å². The van der Waals surface area contributed by atoms with E-state index in [4.69, 9.17) is 10.7 Å². The van der Waals surface area contributed by atoms with E-state index in [1.807, 2.05) is 10.7 Å². The molecule has 0 aliphatic heterocycles. The van der Waals surface area contributed by atoms with E-state index in [0.29, 0.717) is 12.1 Å². The van der Waals surface area contributed by atoms with Crippen LogP contribution in [0.3, 0.4) is 0 Å². The molecule has 2 aliphatic carbocycles. The number of nitrogens with zero attached hydrogens (tertiary/aromatic N) is 3. The molecular weight excluding hydrogens is 286 g/mol. The lowest BCUT2D eigenvalue weighted by Crippen LogP contribution is -2.22. The summed E-state index contributed by atoms with van der Waals surface area (Å²) in [6.07, 6.45) is 11.8. The fourth-order valence-corrected chi connectivity index (χ4v) is 4.20. The van der Waals surface area contributed by atoms with Gasteiger partial charge in [0, 0.05) is 29.4 Å². The van der Waals surface area contributed by atoms with Gasteiger partial charge in [-0.25, -0.2) is 4.98 Å². The van der Waals surface area contributed by atoms with E-state index >= 15 is 0 Å². The predicted molar refractivity (Wildman–Crippen MR) is 92.6 cm³/mol. The quantitative estimate of drug-likeness (QED) is 0.910. The average Bonchev–Trinajstić information content (AvgIpc) is 3.24. The third-order valence-corrected chi connectivity index (χ3v) is 5.50. The van der Waals surface area contributed by atoms with Gasteiger partial charge in [-0.05, 0) is 38.5 Å². The van der Waals surface area contributed by atoms with Gasteiger partial charge in [0.15, 0.2) is 5.65 Å². The Labute approximate surface area is 137 Å². The fraction of sp³-hybridized carbons (Fsp3) is 0.667. The third kappa shape index (κ3) is 3.07. The van der Waals surface area contributed by atoms with Crippen LogP contribution in [0.15, 0.2) is 12.3 Å². The van der Waals surface area contributed by atoms with Crippen LogP contribution in [-0.4, -0.2) is 26.7 Å². The Morgan fingerprint density at radius 3 is 2.83 bits per heavy atom. The van der Waals surface area contributed by atoms with Crippen LogP contribution in [0.2, 0.25) is 0 Å². The molecule has 0 saturated heterocycles. The molecule has 2 aromatic heterocycles. The number of aryl methyl sites for hydroxylation is 1. The van der Waals surface area contributed by atoms with Crippen LogP contribution < -0.4 is 11.1 Å². The lowest BCUT2D eigenvalue weighted by Gasteiger charge is -2.17. The van der Waals surface area contributed by atoms with Crippen LogP contribution >= 0.6 is 0 Å². The molecule has 4 rings (SSSR count). The van der Waals surface area contributed by atoms with Crippen molar-refractivity contribution < 1.29 is 0 Å². The van der Waals surface area contributed by atoms with Crippen molar-refractivity contribution in [2.45, 2.75) is 70.4 Å². The minimum absolute atomic E-state index is 0.335. The second kappa shape index (κ2) is 6.11. The molecule has 23 heavy (non-hydrogen) atoms. The Kier molecular flexibility index (Phi) is 3.97. The molecule has 0 unspecified atom stereocenters. The molecule has 0 spiro atoms. The van der Waals surface area contributed by atoms with Crippen LogP contribution in [0.5, 0.6) is 0 Å². The lowest BCUT2D eigenvalue weighted by molar-refractivity contribution is 0.539. The Morgan fingerprint density at radius 1 is 1.26 bits per heavy atom. The highest BCUT2D eigenvalue weighted by Gasteiger charge is 2.23. The van der Waals surface area contributed by atoms with Gasteiger partial charge in [0.1, 0.15) is 5.82 Å². The molecule has 0 aromatic carbocycles. The van der Waals surface area contributed by atoms with Gasteiger partial charge < -0.3 is 11.1 Å². The summed E-state index contributed by atoms with van der Waals surface area (Å²) in [4.78, 5) is 4.88. The van der Waals surface area contributed by atoms with Crippen LogP contribution in [-0.2, 0) is 6.42 Å². The van der Waals surface area contributed by atoms with Gasteiger partial charge in [-0.15, -0.1) is 0 Å². The maximum absolute atomic E-state index is 6.06. The minimum Gasteiger partial charge on any atom is -0.367 e. The molecule has 2 atom stereocenters. The summed E-state index contributed by atoms with van der Waals surface area (Å²) < 4.78 is 1.96. The van der Waals surface area contributed by atoms with Crippen molar-refractivity contribution in [3.63, 3.8) is 0 Å². The van der Waals surface area contributed by atoms with Gasteiger partial charge in [-0.3, -0.25) is 0 Å². The number of hydrogen-bond donors (Lipinski definition) is 2. The Hall–Kier alpha value is -1.62. The van der Waals surface area contributed by atoms with Crippen LogP contribution in [0, 0.1) is 12.8 Å². The first-order valence-electron chi connectivity index (χ1n) is 9.05. The SMILES string of the molecule is Cc1cnn2c(N[C@H]3CC[C@H](N)C3)cc(CC3CCCC3)nc12. The molecule has 2 heterocycles. The number of rotatable bonds is 4. The molecule has 2 saturated carbocycles. The van der Waals surface area contributed by atoms with E-state index in [2.05, 4.69) is 23.4 Å². The van der Waals surface area contributed by atoms with E-state index in [-0.39, 0.29) is 0 Å². The molecule has 0 amide bonds. The highest BCUT2D eigenvalue weighted by atomic mass is 15.3.